The number of hydrogen-bond acceptors (Lipinski definition) is 6. The average Bonchev–Trinajstić information content (AvgIpc) is 3.27. The first-order valence-corrected chi connectivity index (χ1v) is 9.18. The third-order valence-electron chi connectivity index (χ3n) is 3.98. The van der Waals surface area contributed by atoms with Crippen molar-refractivity contribution in [3.8, 4) is 5.75 Å². The van der Waals surface area contributed by atoms with Crippen LogP contribution < -0.4 is 10.1 Å². The van der Waals surface area contributed by atoms with E-state index in [0.29, 0.717) is 16.4 Å². The highest BCUT2D eigenvalue weighted by molar-refractivity contribution is 7.15. The monoisotopic (exact) mass is 379 g/mol. The Labute approximate surface area is 159 Å². The molecular weight excluding hydrogens is 362 g/mol. The van der Waals surface area contributed by atoms with Gasteiger partial charge in [-0.15, -0.1) is 10.2 Å². The van der Waals surface area contributed by atoms with Crippen molar-refractivity contribution in [1.82, 2.24) is 19.6 Å². The van der Waals surface area contributed by atoms with Gasteiger partial charge in [-0.25, -0.2) is 4.98 Å². The maximum atomic E-state index is 12.6. The minimum absolute atomic E-state index is 0.267. The number of carbonyl (C=O) groups excluding carboxylic acids is 1. The van der Waals surface area contributed by atoms with Crippen LogP contribution in [0.1, 0.15) is 26.6 Å². The molecular formula is C19H17N5O2S. The summed E-state index contributed by atoms with van der Waals surface area (Å²) < 4.78 is 7.85. The Morgan fingerprint density at radius 1 is 1.19 bits per heavy atom. The second-order valence-electron chi connectivity index (χ2n) is 6.02. The first kappa shape index (κ1) is 17.2. The van der Waals surface area contributed by atoms with E-state index < -0.39 is 0 Å². The quantitative estimate of drug-likeness (QED) is 0.573. The number of imidazole rings is 1. The number of rotatable bonds is 5. The molecule has 1 N–H and O–H groups in total. The van der Waals surface area contributed by atoms with E-state index in [2.05, 4.69) is 20.5 Å². The largest absolute Gasteiger partial charge is 0.486 e. The van der Waals surface area contributed by atoms with Crippen molar-refractivity contribution >= 4 is 28.0 Å². The summed E-state index contributed by atoms with van der Waals surface area (Å²) in [4.78, 5) is 17.2. The molecule has 1 amide bonds. The summed E-state index contributed by atoms with van der Waals surface area (Å²) in [6.45, 7) is 4.12. The van der Waals surface area contributed by atoms with Gasteiger partial charge in [-0.2, -0.15) is 0 Å². The minimum Gasteiger partial charge on any atom is -0.486 e. The third-order valence-corrected chi connectivity index (χ3v) is 4.74. The van der Waals surface area contributed by atoms with Crippen LogP contribution in [-0.4, -0.2) is 25.5 Å². The zero-order chi connectivity index (χ0) is 18.8. The maximum Gasteiger partial charge on any atom is 0.261 e. The van der Waals surface area contributed by atoms with Gasteiger partial charge in [0, 0.05) is 12.4 Å². The number of benzene rings is 1. The van der Waals surface area contributed by atoms with Crippen molar-refractivity contribution in [2.45, 2.75) is 20.5 Å². The van der Waals surface area contributed by atoms with Gasteiger partial charge in [0.1, 0.15) is 23.0 Å². The number of hydrogen-bond donors (Lipinski definition) is 1. The summed E-state index contributed by atoms with van der Waals surface area (Å²) in [6.07, 6.45) is 3.87. The van der Waals surface area contributed by atoms with Gasteiger partial charge < -0.3 is 9.14 Å². The fraction of sp³-hybridized carbons (Fsp3) is 0.158. The average molecular weight is 379 g/mol. The highest BCUT2D eigenvalue weighted by Crippen LogP contribution is 2.22. The summed E-state index contributed by atoms with van der Waals surface area (Å²) in [6, 6.07) is 11.1. The topological polar surface area (TPSA) is 81.4 Å². The Kier molecular flexibility index (Phi) is 4.55. The van der Waals surface area contributed by atoms with E-state index in [-0.39, 0.29) is 12.5 Å². The number of pyridine rings is 1. The van der Waals surface area contributed by atoms with Crippen LogP contribution >= 0.6 is 11.3 Å². The third kappa shape index (κ3) is 3.65. The molecule has 1 aromatic carbocycles. The first-order chi connectivity index (χ1) is 13.1. The highest BCUT2D eigenvalue weighted by Gasteiger charge is 2.15. The van der Waals surface area contributed by atoms with Crippen molar-refractivity contribution in [1.29, 1.82) is 0 Å². The van der Waals surface area contributed by atoms with Crippen molar-refractivity contribution in [2.24, 2.45) is 0 Å². The van der Waals surface area contributed by atoms with Gasteiger partial charge in [-0.3, -0.25) is 10.1 Å². The zero-order valence-corrected chi connectivity index (χ0v) is 15.7. The Bertz CT molecular complexity index is 1120. The minimum atomic E-state index is -0.285. The number of aryl methyl sites for hydroxylation is 2. The molecule has 0 atom stereocenters. The number of para-hydroxylation sites is 1. The number of carbonyl (C=O) groups is 1. The van der Waals surface area contributed by atoms with Crippen LogP contribution in [0.4, 0.5) is 5.13 Å². The van der Waals surface area contributed by atoms with Crippen LogP contribution in [-0.2, 0) is 6.61 Å². The van der Waals surface area contributed by atoms with Gasteiger partial charge in [0.15, 0.2) is 0 Å². The number of aromatic nitrogens is 4. The van der Waals surface area contributed by atoms with Crippen LogP contribution in [0.25, 0.3) is 5.65 Å². The standard InChI is InChI=1S/C19H17N5O2S/c1-12-6-5-9-24-10-14(20-17(12)24)11-26-16-8-4-3-7-15(16)18(25)21-19-23-22-13(2)27-19/h3-10H,11H2,1-2H3,(H,21,23,25). The SMILES string of the molecule is Cc1nnc(NC(=O)c2ccccc2OCc2cn3cccc(C)c3n2)s1. The van der Waals surface area contributed by atoms with Gasteiger partial charge in [-0.1, -0.05) is 29.5 Å². The molecule has 7 nitrogen and oxygen atoms in total. The zero-order valence-electron chi connectivity index (χ0n) is 14.8. The highest BCUT2D eigenvalue weighted by atomic mass is 32.1. The van der Waals surface area contributed by atoms with Crippen molar-refractivity contribution < 1.29 is 9.53 Å². The van der Waals surface area contributed by atoms with Crippen LogP contribution in [0.3, 0.4) is 0 Å². The number of fused-ring (bicyclic) bond motifs is 1. The molecule has 0 aliphatic rings. The van der Waals surface area contributed by atoms with Crippen LogP contribution in [0.5, 0.6) is 5.75 Å². The van der Waals surface area contributed by atoms with Crippen LogP contribution in [0.15, 0.2) is 48.8 Å². The molecule has 8 heteroatoms. The Morgan fingerprint density at radius 2 is 2.04 bits per heavy atom. The summed E-state index contributed by atoms with van der Waals surface area (Å²) in [5.41, 5.74) is 3.22. The summed E-state index contributed by atoms with van der Waals surface area (Å²) in [5, 5.41) is 11.8. The second kappa shape index (κ2) is 7.16. The predicted molar refractivity (Wildman–Crippen MR) is 103 cm³/mol. The van der Waals surface area contributed by atoms with E-state index >= 15 is 0 Å². The summed E-state index contributed by atoms with van der Waals surface area (Å²) >= 11 is 1.32. The molecule has 0 fully saturated rings. The predicted octanol–water partition coefficient (Wildman–Crippen LogP) is 3.63. The molecule has 0 aliphatic carbocycles. The number of nitrogens with zero attached hydrogens (tertiary/aromatic N) is 4. The molecule has 0 aliphatic heterocycles. The molecule has 3 heterocycles. The Hall–Kier alpha value is -3.26. The Morgan fingerprint density at radius 3 is 2.81 bits per heavy atom. The maximum absolute atomic E-state index is 12.6. The number of nitrogens with one attached hydrogen (secondary N) is 1. The fourth-order valence-electron chi connectivity index (χ4n) is 2.72. The van der Waals surface area contributed by atoms with Gasteiger partial charge in [-0.05, 0) is 37.6 Å². The molecule has 136 valence electrons. The molecule has 0 unspecified atom stereocenters. The van der Waals surface area contributed by atoms with E-state index in [4.69, 9.17) is 4.74 Å². The lowest BCUT2D eigenvalue weighted by Gasteiger charge is -2.09. The molecule has 0 spiro atoms. The lowest BCUT2D eigenvalue weighted by atomic mass is 10.2. The molecule has 4 rings (SSSR count). The molecule has 27 heavy (non-hydrogen) atoms. The summed E-state index contributed by atoms with van der Waals surface area (Å²) in [5.74, 6) is 0.206. The van der Waals surface area contributed by atoms with Gasteiger partial charge in [0.25, 0.3) is 5.91 Å². The lowest BCUT2D eigenvalue weighted by Crippen LogP contribution is -2.13. The van der Waals surface area contributed by atoms with E-state index in [9.17, 15) is 4.79 Å². The number of amides is 1. The molecule has 0 saturated carbocycles. The van der Waals surface area contributed by atoms with E-state index in [0.717, 1.165) is 21.9 Å². The van der Waals surface area contributed by atoms with Crippen molar-refractivity contribution in [2.75, 3.05) is 5.32 Å². The van der Waals surface area contributed by atoms with Crippen molar-refractivity contribution in [3.05, 3.63) is 70.6 Å². The molecule has 0 saturated heterocycles. The number of ether oxygens (including phenoxy) is 1. The van der Waals surface area contributed by atoms with E-state index in [1.807, 2.05) is 48.8 Å². The van der Waals surface area contributed by atoms with E-state index in [1.165, 1.54) is 11.3 Å². The van der Waals surface area contributed by atoms with E-state index in [1.54, 1.807) is 18.2 Å². The smallest absolute Gasteiger partial charge is 0.261 e. The molecule has 0 radical (unpaired) electrons. The normalized spacial score (nSPS) is 10.9. The van der Waals surface area contributed by atoms with Gasteiger partial charge in [0.05, 0.1) is 11.3 Å². The van der Waals surface area contributed by atoms with Crippen molar-refractivity contribution in [3.63, 3.8) is 0 Å². The van der Waals surface area contributed by atoms with Gasteiger partial charge >= 0.3 is 0 Å². The van der Waals surface area contributed by atoms with Gasteiger partial charge in [0.2, 0.25) is 5.13 Å². The fourth-order valence-corrected chi connectivity index (χ4v) is 3.30. The lowest BCUT2D eigenvalue weighted by molar-refractivity contribution is 0.102. The van der Waals surface area contributed by atoms with Crippen LogP contribution in [0, 0.1) is 13.8 Å². The molecule has 4 aromatic rings. The first-order valence-electron chi connectivity index (χ1n) is 8.36. The summed E-state index contributed by atoms with van der Waals surface area (Å²) in [7, 11) is 0. The second-order valence-corrected chi connectivity index (χ2v) is 7.20. The molecule has 3 aromatic heterocycles. The molecule has 0 bridgehead atoms. The number of anilines is 1. The Balaban J connectivity index is 1.52. The van der Waals surface area contributed by atoms with Crippen LogP contribution in [0.2, 0.25) is 0 Å².